The number of benzene rings is 2. The molecule has 0 spiro atoms. The predicted molar refractivity (Wildman–Crippen MR) is 104 cm³/mol. The number of anilines is 2. The summed E-state index contributed by atoms with van der Waals surface area (Å²) in [6, 6.07) is 13.7. The van der Waals surface area contributed by atoms with E-state index in [1.54, 1.807) is 49.4 Å². The quantitative estimate of drug-likeness (QED) is 0.464. The SMILES string of the molecule is Cc1nnc(N/N=C/c2cccc(NC(=O)c3ccc(Cl)cc3)c2)[nH]c1=O. The Morgan fingerprint density at radius 1 is 1.19 bits per heavy atom. The van der Waals surface area contributed by atoms with Gasteiger partial charge in [0.05, 0.1) is 6.21 Å². The molecule has 0 aliphatic rings. The van der Waals surface area contributed by atoms with Crippen LogP contribution in [0.2, 0.25) is 5.02 Å². The molecule has 8 nitrogen and oxygen atoms in total. The van der Waals surface area contributed by atoms with Crippen molar-refractivity contribution in [2.45, 2.75) is 6.92 Å². The molecule has 1 amide bonds. The van der Waals surface area contributed by atoms with Crippen molar-refractivity contribution in [3.63, 3.8) is 0 Å². The molecule has 27 heavy (non-hydrogen) atoms. The third-order valence-electron chi connectivity index (χ3n) is 3.50. The Labute approximate surface area is 159 Å². The maximum absolute atomic E-state index is 12.2. The Hall–Kier alpha value is -3.52. The van der Waals surface area contributed by atoms with Crippen LogP contribution in [0.25, 0.3) is 0 Å². The minimum atomic E-state index is -0.338. The van der Waals surface area contributed by atoms with E-state index in [4.69, 9.17) is 11.6 Å². The van der Waals surface area contributed by atoms with Gasteiger partial charge >= 0.3 is 0 Å². The highest BCUT2D eigenvalue weighted by atomic mass is 35.5. The summed E-state index contributed by atoms with van der Waals surface area (Å²) in [7, 11) is 0. The molecule has 0 unspecified atom stereocenters. The monoisotopic (exact) mass is 382 g/mol. The summed E-state index contributed by atoms with van der Waals surface area (Å²) < 4.78 is 0. The Kier molecular flexibility index (Phi) is 5.58. The molecule has 2 aromatic carbocycles. The molecule has 0 atom stereocenters. The number of nitrogens with zero attached hydrogens (tertiary/aromatic N) is 3. The minimum Gasteiger partial charge on any atom is -0.322 e. The third-order valence-corrected chi connectivity index (χ3v) is 3.75. The highest BCUT2D eigenvalue weighted by Gasteiger charge is 2.06. The summed E-state index contributed by atoms with van der Waals surface area (Å²) in [6.45, 7) is 1.56. The fraction of sp³-hybridized carbons (Fsp3) is 0.0556. The van der Waals surface area contributed by atoms with Crippen LogP contribution in [-0.2, 0) is 0 Å². The summed E-state index contributed by atoms with van der Waals surface area (Å²) in [5.41, 5.74) is 4.38. The first-order valence-corrected chi connectivity index (χ1v) is 8.29. The molecule has 3 aromatic rings. The number of hydrogen-bond acceptors (Lipinski definition) is 6. The zero-order valence-corrected chi connectivity index (χ0v) is 15.0. The van der Waals surface area contributed by atoms with Gasteiger partial charge in [-0.15, -0.1) is 10.2 Å². The van der Waals surface area contributed by atoms with Gasteiger partial charge in [0.15, 0.2) is 0 Å². The normalized spacial score (nSPS) is 10.7. The van der Waals surface area contributed by atoms with Gasteiger partial charge in [-0.05, 0) is 48.9 Å². The van der Waals surface area contributed by atoms with Crippen LogP contribution in [0.5, 0.6) is 0 Å². The van der Waals surface area contributed by atoms with Crippen LogP contribution in [-0.4, -0.2) is 27.3 Å². The summed E-state index contributed by atoms with van der Waals surface area (Å²) in [6.07, 6.45) is 1.53. The van der Waals surface area contributed by atoms with Crippen LogP contribution >= 0.6 is 11.6 Å². The number of amides is 1. The molecule has 0 saturated carbocycles. The van der Waals surface area contributed by atoms with Gasteiger partial charge < -0.3 is 5.32 Å². The van der Waals surface area contributed by atoms with Crippen molar-refractivity contribution in [3.05, 3.63) is 80.7 Å². The molecule has 0 aliphatic heterocycles. The minimum absolute atomic E-state index is 0.133. The molecule has 1 heterocycles. The van der Waals surface area contributed by atoms with Gasteiger partial charge in [-0.25, -0.2) is 5.43 Å². The lowest BCUT2D eigenvalue weighted by atomic mass is 10.2. The van der Waals surface area contributed by atoms with Crippen molar-refractivity contribution >= 4 is 35.4 Å². The molecule has 0 saturated heterocycles. The van der Waals surface area contributed by atoms with E-state index in [1.807, 2.05) is 6.07 Å². The van der Waals surface area contributed by atoms with Gasteiger partial charge in [0.25, 0.3) is 11.5 Å². The molecule has 136 valence electrons. The first-order valence-electron chi connectivity index (χ1n) is 7.91. The summed E-state index contributed by atoms with van der Waals surface area (Å²) in [4.78, 5) is 26.2. The molecule has 0 bridgehead atoms. The van der Waals surface area contributed by atoms with Gasteiger partial charge in [0.2, 0.25) is 5.95 Å². The van der Waals surface area contributed by atoms with E-state index in [0.717, 1.165) is 5.56 Å². The number of hydrogen-bond donors (Lipinski definition) is 3. The topological polar surface area (TPSA) is 112 Å². The number of H-pyrrole nitrogens is 1. The maximum Gasteiger partial charge on any atom is 0.274 e. The number of nitrogens with one attached hydrogen (secondary N) is 3. The van der Waals surface area contributed by atoms with E-state index in [9.17, 15) is 9.59 Å². The number of aryl methyl sites for hydroxylation is 1. The van der Waals surface area contributed by atoms with E-state index < -0.39 is 0 Å². The molecule has 0 fully saturated rings. The average Bonchev–Trinajstić information content (AvgIpc) is 2.65. The van der Waals surface area contributed by atoms with Crippen molar-refractivity contribution in [2.24, 2.45) is 5.10 Å². The van der Waals surface area contributed by atoms with E-state index in [2.05, 4.69) is 31.0 Å². The van der Waals surface area contributed by atoms with Gasteiger partial charge in [0.1, 0.15) is 5.69 Å². The molecular weight excluding hydrogens is 368 g/mol. The van der Waals surface area contributed by atoms with Crippen LogP contribution in [0, 0.1) is 6.92 Å². The maximum atomic E-state index is 12.2. The number of aromatic amines is 1. The summed E-state index contributed by atoms with van der Waals surface area (Å²) >= 11 is 5.83. The van der Waals surface area contributed by atoms with Crippen molar-refractivity contribution in [3.8, 4) is 0 Å². The third kappa shape index (κ3) is 4.99. The van der Waals surface area contributed by atoms with E-state index >= 15 is 0 Å². The predicted octanol–water partition coefficient (Wildman–Crippen LogP) is 2.83. The number of carbonyl (C=O) groups is 1. The van der Waals surface area contributed by atoms with Crippen LogP contribution in [0.4, 0.5) is 11.6 Å². The number of hydrazone groups is 1. The molecular formula is C18H15ClN6O2. The number of rotatable bonds is 5. The van der Waals surface area contributed by atoms with E-state index in [-0.39, 0.29) is 23.1 Å². The zero-order chi connectivity index (χ0) is 19.2. The summed E-state index contributed by atoms with van der Waals surface area (Å²) in [5.74, 6) is -0.111. The lowest BCUT2D eigenvalue weighted by Gasteiger charge is -2.06. The van der Waals surface area contributed by atoms with Crippen LogP contribution in [0.1, 0.15) is 21.6 Å². The number of halogens is 1. The fourth-order valence-corrected chi connectivity index (χ4v) is 2.24. The standard InChI is InChI=1S/C18H15ClN6O2/c1-11-16(26)22-18(25-23-11)24-20-10-12-3-2-4-15(9-12)21-17(27)13-5-7-14(19)8-6-13/h2-10H,1H3,(H,21,27)(H2,22,24,25,26)/b20-10+. The van der Waals surface area contributed by atoms with E-state index in [1.165, 1.54) is 6.21 Å². The molecule has 0 radical (unpaired) electrons. The average molecular weight is 383 g/mol. The largest absolute Gasteiger partial charge is 0.322 e. The molecule has 9 heteroatoms. The Morgan fingerprint density at radius 2 is 1.96 bits per heavy atom. The van der Waals surface area contributed by atoms with Crippen LogP contribution in [0.15, 0.2) is 58.4 Å². The zero-order valence-electron chi connectivity index (χ0n) is 14.2. The lowest BCUT2D eigenvalue weighted by Crippen LogP contribution is -2.15. The molecule has 0 aliphatic carbocycles. The van der Waals surface area contributed by atoms with Crippen molar-refractivity contribution in [2.75, 3.05) is 10.7 Å². The van der Waals surface area contributed by atoms with Gasteiger partial charge in [-0.1, -0.05) is 23.7 Å². The van der Waals surface area contributed by atoms with Crippen LogP contribution < -0.4 is 16.3 Å². The van der Waals surface area contributed by atoms with Gasteiger partial charge in [-0.3, -0.25) is 14.6 Å². The summed E-state index contributed by atoms with van der Waals surface area (Å²) in [5, 5.41) is 14.8. The first-order chi connectivity index (χ1) is 13.0. The molecule has 3 N–H and O–H groups in total. The Bertz CT molecular complexity index is 1050. The Balaban J connectivity index is 1.66. The van der Waals surface area contributed by atoms with Crippen molar-refractivity contribution < 1.29 is 4.79 Å². The van der Waals surface area contributed by atoms with Crippen molar-refractivity contribution in [1.29, 1.82) is 0 Å². The molecule has 1 aromatic heterocycles. The fourth-order valence-electron chi connectivity index (χ4n) is 2.11. The second kappa shape index (κ2) is 8.24. The van der Waals surface area contributed by atoms with Gasteiger partial charge in [-0.2, -0.15) is 5.10 Å². The highest BCUT2D eigenvalue weighted by Crippen LogP contribution is 2.13. The first kappa shape index (κ1) is 18.3. The van der Waals surface area contributed by atoms with Crippen LogP contribution in [0.3, 0.4) is 0 Å². The smallest absolute Gasteiger partial charge is 0.274 e. The number of aromatic nitrogens is 3. The van der Waals surface area contributed by atoms with E-state index in [0.29, 0.717) is 16.3 Å². The second-order valence-electron chi connectivity index (χ2n) is 5.54. The highest BCUT2D eigenvalue weighted by molar-refractivity contribution is 6.30. The Morgan fingerprint density at radius 3 is 2.70 bits per heavy atom. The van der Waals surface area contributed by atoms with Crippen molar-refractivity contribution in [1.82, 2.24) is 15.2 Å². The second-order valence-corrected chi connectivity index (χ2v) is 5.98. The lowest BCUT2D eigenvalue weighted by molar-refractivity contribution is 0.102. The molecule has 3 rings (SSSR count). The van der Waals surface area contributed by atoms with Gasteiger partial charge in [0, 0.05) is 16.3 Å². The number of carbonyl (C=O) groups excluding carboxylic acids is 1.